The van der Waals surface area contributed by atoms with Gasteiger partial charge in [-0.1, -0.05) is 0 Å². The molecule has 0 saturated heterocycles. The van der Waals surface area contributed by atoms with Gasteiger partial charge in [0.25, 0.3) is 0 Å². The molecule has 0 heterocycles. The molecule has 0 aromatic heterocycles. The molecule has 0 aliphatic heterocycles. The predicted molar refractivity (Wildman–Crippen MR) is 71.3 cm³/mol. The first kappa shape index (κ1) is 12.9. The van der Waals surface area contributed by atoms with Gasteiger partial charge in [0.1, 0.15) is 0 Å². The molecule has 1 fully saturated rings. The Hall–Kier alpha value is -0.590. The summed E-state index contributed by atoms with van der Waals surface area (Å²) in [5.41, 5.74) is 6.57. The first-order valence-corrected chi connectivity index (χ1v) is 7.61. The average molecular weight is 319 g/mol. The molecule has 94 valence electrons. The van der Waals surface area contributed by atoms with E-state index in [1.54, 1.807) is 13.0 Å². The zero-order valence-electron chi connectivity index (χ0n) is 9.75. The molecule has 3 N–H and O–H groups in total. The van der Waals surface area contributed by atoms with Crippen LogP contribution in [0.25, 0.3) is 0 Å². The summed E-state index contributed by atoms with van der Waals surface area (Å²) in [7, 11) is -3.48. The van der Waals surface area contributed by atoms with Crippen LogP contribution in [-0.4, -0.2) is 14.0 Å². The molecule has 17 heavy (non-hydrogen) atoms. The van der Waals surface area contributed by atoms with Crippen molar-refractivity contribution in [2.45, 2.75) is 37.1 Å². The minimum Gasteiger partial charge on any atom is -0.398 e. The van der Waals surface area contributed by atoms with Crippen LogP contribution in [0.1, 0.15) is 25.3 Å². The number of halogens is 1. The molecule has 0 spiro atoms. The van der Waals surface area contributed by atoms with Gasteiger partial charge in [0.05, 0.1) is 4.90 Å². The van der Waals surface area contributed by atoms with Crippen LogP contribution in [0.5, 0.6) is 0 Å². The van der Waals surface area contributed by atoms with Gasteiger partial charge >= 0.3 is 0 Å². The number of nitrogens with one attached hydrogen (secondary N) is 1. The van der Waals surface area contributed by atoms with Gasteiger partial charge < -0.3 is 5.73 Å². The van der Waals surface area contributed by atoms with Gasteiger partial charge in [-0.3, -0.25) is 0 Å². The van der Waals surface area contributed by atoms with Gasteiger partial charge in [0, 0.05) is 15.7 Å². The SMILES string of the molecule is Cc1cc(Br)c(N)cc1S(=O)(=O)NC1(C)CC1. The zero-order valence-corrected chi connectivity index (χ0v) is 12.2. The molecule has 1 aliphatic carbocycles. The second kappa shape index (κ2) is 3.96. The maximum absolute atomic E-state index is 12.2. The molecule has 1 aromatic rings. The van der Waals surface area contributed by atoms with Gasteiger partial charge in [0.15, 0.2) is 0 Å². The molecule has 1 aliphatic rings. The van der Waals surface area contributed by atoms with Gasteiger partial charge in [0.2, 0.25) is 10.0 Å². The lowest BCUT2D eigenvalue weighted by atomic mass is 10.2. The van der Waals surface area contributed by atoms with Crippen molar-refractivity contribution in [3.05, 3.63) is 22.2 Å². The Kier molecular flexibility index (Phi) is 3.00. The van der Waals surface area contributed by atoms with Crippen LogP contribution < -0.4 is 10.5 Å². The van der Waals surface area contributed by atoms with E-state index in [2.05, 4.69) is 20.7 Å². The fraction of sp³-hybridized carbons (Fsp3) is 0.455. The molecular weight excluding hydrogens is 304 g/mol. The van der Waals surface area contributed by atoms with E-state index in [0.717, 1.165) is 12.8 Å². The summed E-state index contributed by atoms with van der Waals surface area (Å²) < 4.78 is 27.8. The largest absolute Gasteiger partial charge is 0.398 e. The Labute approximate surface area is 110 Å². The molecular formula is C11H15BrN2O2S. The van der Waals surface area contributed by atoms with E-state index in [9.17, 15) is 8.42 Å². The molecule has 0 radical (unpaired) electrons. The number of anilines is 1. The Morgan fingerprint density at radius 3 is 2.53 bits per heavy atom. The molecule has 2 rings (SSSR count). The van der Waals surface area contributed by atoms with Crippen molar-refractivity contribution >= 4 is 31.6 Å². The number of aryl methyl sites for hydroxylation is 1. The van der Waals surface area contributed by atoms with Gasteiger partial charge in [-0.15, -0.1) is 0 Å². The summed E-state index contributed by atoms with van der Waals surface area (Å²) >= 11 is 3.28. The van der Waals surface area contributed by atoms with Crippen molar-refractivity contribution in [2.24, 2.45) is 0 Å². The van der Waals surface area contributed by atoms with Crippen LogP contribution in [0.2, 0.25) is 0 Å². The Morgan fingerprint density at radius 2 is 2.00 bits per heavy atom. The van der Waals surface area contributed by atoms with E-state index < -0.39 is 10.0 Å². The minimum atomic E-state index is -3.48. The number of rotatable bonds is 3. The third-order valence-electron chi connectivity index (χ3n) is 2.96. The Bertz CT molecular complexity index is 565. The molecule has 0 bridgehead atoms. The average Bonchev–Trinajstić information content (AvgIpc) is 2.88. The van der Waals surface area contributed by atoms with Crippen molar-refractivity contribution in [3.8, 4) is 0 Å². The number of hydrogen-bond acceptors (Lipinski definition) is 3. The van der Waals surface area contributed by atoms with E-state index in [1.807, 2.05) is 6.92 Å². The van der Waals surface area contributed by atoms with Crippen molar-refractivity contribution in [1.29, 1.82) is 0 Å². The van der Waals surface area contributed by atoms with Crippen molar-refractivity contribution < 1.29 is 8.42 Å². The van der Waals surface area contributed by atoms with Crippen LogP contribution in [0.15, 0.2) is 21.5 Å². The first-order valence-electron chi connectivity index (χ1n) is 5.33. The van der Waals surface area contributed by atoms with Crippen molar-refractivity contribution in [2.75, 3.05) is 5.73 Å². The van der Waals surface area contributed by atoms with Crippen LogP contribution in [-0.2, 0) is 10.0 Å². The van der Waals surface area contributed by atoms with Crippen molar-refractivity contribution in [3.63, 3.8) is 0 Å². The van der Waals surface area contributed by atoms with E-state index in [1.165, 1.54) is 6.07 Å². The summed E-state index contributed by atoms with van der Waals surface area (Å²) in [6.45, 7) is 3.66. The summed E-state index contributed by atoms with van der Waals surface area (Å²) in [6.07, 6.45) is 1.77. The number of hydrogen-bond donors (Lipinski definition) is 2. The highest BCUT2D eigenvalue weighted by molar-refractivity contribution is 9.10. The van der Waals surface area contributed by atoms with E-state index >= 15 is 0 Å². The second-order valence-electron chi connectivity index (χ2n) is 4.81. The Morgan fingerprint density at radius 1 is 1.41 bits per heavy atom. The maximum Gasteiger partial charge on any atom is 0.241 e. The first-order chi connectivity index (χ1) is 7.73. The van der Waals surface area contributed by atoms with Gasteiger partial charge in [-0.25, -0.2) is 13.1 Å². The summed E-state index contributed by atoms with van der Waals surface area (Å²) in [5.74, 6) is 0. The monoisotopic (exact) mass is 318 g/mol. The number of benzene rings is 1. The van der Waals surface area contributed by atoms with Gasteiger partial charge in [-0.2, -0.15) is 0 Å². The Balaban J connectivity index is 2.42. The molecule has 0 unspecified atom stereocenters. The molecule has 1 saturated carbocycles. The highest BCUT2D eigenvalue weighted by Crippen LogP contribution is 2.36. The van der Waals surface area contributed by atoms with E-state index in [-0.39, 0.29) is 10.4 Å². The second-order valence-corrected chi connectivity index (χ2v) is 7.31. The summed E-state index contributed by atoms with van der Waals surface area (Å²) in [5, 5.41) is 0. The van der Waals surface area contributed by atoms with Crippen molar-refractivity contribution in [1.82, 2.24) is 4.72 Å². The molecule has 6 heteroatoms. The summed E-state index contributed by atoms with van der Waals surface area (Å²) in [4.78, 5) is 0.256. The highest BCUT2D eigenvalue weighted by atomic mass is 79.9. The number of nitrogens with two attached hydrogens (primary N) is 1. The minimum absolute atomic E-state index is 0.256. The summed E-state index contributed by atoms with van der Waals surface area (Å²) in [6, 6.07) is 3.21. The lowest BCUT2D eigenvalue weighted by Gasteiger charge is -2.14. The van der Waals surface area contributed by atoms with Crippen LogP contribution in [0.4, 0.5) is 5.69 Å². The molecule has 4 nitrogen and oxygen atoms in total. The fourth-order valence-electron chi connectivity index (χ4n) is 1.63. The zero-order chi connectivity index (χ0) is 12.8. The quantitative estimate of drug-likeness (QED) is 0.839. The topological polar surface area (TPSA) is 72.2 Å². The number of nitrogen functional groups attached to an aromatic ring is 1. The van der Waals surface area contributed by atoms with Crippen LogP contribution >= 0.6 is 15.9 Å². The third-order valence-corrected chi connectivity index (χ3v) is 5.43. The molecule has 0 atom stereocenters. The highest BCUT2D eigenvalue weighted by Gasteiger charge is 2.41. The molecule has 1 aromatic carbocycles. The van der Waals surface area contributed by atoms with E-state index in [0.29, 0.717) is 15.7 Å². The number of sulfonamides is 1. The fourth-order valence-corrected chi connectivity index (χ4v) is 3.81. The van der Waals surface area contributed by atoms with Crippen LogP contribution in [0.3, 0.4) is 0 Å². The third kappa shape index (κ3) is 2.64. The van der Waals surface area contributed by atoms with E-state index in [4.69, 9.17) is 5.73 Å². The normalized spacial score (nSPS) is 18.1. The predicted octanol–water partition coefficient (Wildman–Crippen LogP) is 2.17. The lowest BCUT2D eigenvalue weighted by molar-refractivity contribution is 0.557. The maximum atomic E-state index is 12.2. The molecule has 0 amide bonds. The lowest BCUT2D eigenvalue weighted by Crippen LogP contribution is -2.34. The van der Waals surface area contributed by atoms with Crippen LogP contribution in [0, 0.1) is 6.92 Å². The smallest absolute Gasteiger partial charge is 0.241 e. The standard InChI is InChI=1S/C11H15BrN2O2S/c1-7-5-8(12)9(13)6-10(7)17(15,16)14-11(2)3-4-11/h5-6,14H,3-4,13H2,1-2H3. The van der Waals surface area contributed by atoms with Gasteiger partial charge in [-0.05, 0) is 60.3 Å².